The van der Waals surface area contributed by atoms with E-state index in [2.05, 4.69) is 54.9 Å². The average Bonchev–Trinajstić information content (AvgIpc) is 2.33. The molecule has 1 aromatic rings. The number of aryl methyl sites for hydroxylation is 2. The number of hydrogen-bond acceptors (Lipinski definition) is 0. The Morgan fingerprint density at radius 2 is 1.67 bits per heavy atom. The van der Waals surface area contributed by atoms with E-state index in [0.717, 1.165) is 0 Å². The summed E-state index contributed by atoms with van der Waals surface area (Å²) in [6.45, 7) is 6.65. The highest BCUT2D eigenvalue weighted by Crippen LogP contribution is 2.31. The van der Waals surface area contributed by atoms with Crippen molar-refractivity contribution >= 4 is 15.9 Å². The number of alkyl halides is 1. The molecule has 0 aliphatic rings. The van der Waals surface area contributed by atoms with Crippen LogP contribution in [0.4, 0.5) is 0 Å². The van der Waals surface area contributed by atoms with Gasteiger partial charge in [-0.1, -0.05) is 85.1 Å². The van der Waals surface area contributed by atoms with Gasteiger partial charge >= 0.3 is 0 Å². The van der Waals surface area contributed by atoms with Crippen molar-refractivity contribution in [3.8, 4) is 0 Å². The summed E-state index contributed by atoms with van der Waals surface area (Å²) in [4.78, 5) is 0.532. The van der Waals surface area contributed by atoms with Gasteiger partial charge in [0.15, 0.2) is 0 Å². The van der Waals surface area contributed by atoms with Crippen molar-refractivity contribution in [2.45, 2.75) is 70.5 Å². The lowest BCUT2D eigenvalue weighted by Crippen LogP contribution is -1.94. The molecule has 0 nitrogen and oxygen atoms in total. The first kappa shape index (κ1) is 15.8. The van der Waals surface area contributed by atoms with E-state index in [1.807, 2.05) is 0 Å². The van der Waals surface area contributed by atoms with Crippen LogP contribution in [0.3, 0.4) is 0 Å². The van der Waals surface area contributed by atoms with Gasteiger partial charge in [0, 0.05) is 4.83 Å². The van der Waals surface area contributed by atoms with Gasteiger partial charge in [0.1, 0.15) is 0 Å². The van der Waals surface area contributed by atoms with E-state index in [1.165, 1.54) is 61.6 Å². The molecule has 0 aromatic heterocycles. The topological polar surface area (TPSA) is 0 Å². The van der Waals surface area contributed by atoms with Gasteiger partial charge in [-0.3, -0.25) is 0 Å². The van der Waals surface area contributed by atoms with E-state index in [9.17, 15) is 0 Å². The van der Waals surface area contributed by atoms with E-state index in [0.29, 0.717) is 4.83 Å². The Labute approximate surface area is 121 Å². The predicted octanol–water partition coefficient (Wildman–Crippen LogP) is 6.49. The molecule has 1 atom stereocenters. The number of benzene rings is 1. The van der Waals surface area contributed by atoms with Gasteiger partial charge in [-0.2, -0.15) is 0 Å². The zero-order valence-corrected chi connectivity index (χ0v) is 13.7. The fourth-order valence-electron chi connectivity index (χ4n) is 2.44. The predicted molar refractivity (Wildman–Crippen MR) is 85.6 cm³/mol. The highest BCUT2D eigenvalue weighted by atomic mass is 79.9. The third kappa shape index (κ3) is 5.56. The van der Waals surface area contributed by atoms with Crippen molar-refractivity contribution in [2.75, 3.05) is 0 Å². The molecule has 0 bridgehead atoms. The zero-order chi connectivity index (χ0) is 13.4. The summed E-state index contributed by atoms with van der Waals surface area (Å²) in [5.41, 5.74) is 4.24. The number of hydrogen-bond donors (Lipinski definition) is 0. The second-order valence-corrected chi connectivity index (χ2v) is 6.49. The normalized spacial score (nSPS) is 12.7. The maximum Gasteiger partial charge on any atom is 0.0397 e. The first-order chi connectivity index (χ1) is 8.65. The van der Waals surface area contributed by atoms with Gasteiger partial charge in [-0.15, -0.1) is 0 Å². The average molecular weight is 311 g/mol. The van der Waals surface area contributed by atoms with Gasteiger partial charge in [-0.05, 0) is 31.4 Å². The summed E-state index contributed by atoms with van der Waals surface area (Å²) in [5, 5.41) is 0. The lowest BCUT2D eigenvalue weighted by atomic mass is 9.99. The second-order valence-electron chi connectivity index (χ2n) is 5.38. The lowest BCUT2D eigenvalue weighted by Gasteiger charge is -2.13. The molecular weight excluding hydrogens is 284 g/mol. The molecule has 1 aromatic carbocycles. The van der Waals surface area contributed by atoms with Crippen molar-refractivity contribution < 1.29 is 0 Å². The summed E-state index contributed by atoms with van der Waals surface area (Å²) < 4.78 is 0. The molecule has 0 saturated heterocycles. The molecule has 0 heterocycles. The number of unbranched alkanes of at least 4 members (excludes halogenated alkanes) is 5. The van der Waals surface area contributed by atoms with Crippen LogP contribution in [0.5, 0.6) is 0 Å². The van der Waals surface area contributed by atoms with Crippen LogP contribution in [-0.4, -0.2) is 0 Å². The third-order valence-corrected chi connectivity index (χ3v) is 4.52. The van der Waals surface area contributed by atoms with Crippen molar-refractivity contribution in [1.82, 2.24) is 0 Å². The highest BCUT2D eigenvalue weighted by molar-refractivity contribution is 9.09. The molecule has 0 amide bonds. The molecule has 0 aliphatic heterocycles. The molecule has 0 saturated carbocycles. The van der Waals surface area contributed by atoms with Gasteiger partial charge in [-0.25, -0.2) is 0 Å². The molecule has 0 aliphatic carbocycles. The van der Waals surface area contributed by atoms with Crippen LogP contribution in [0.2, 0.25) is 0 Å². The standard InChI is InChI=1S/C17H27Br/c1-4-5-6-7-8-9-10-17(18)16-12-11-14(2)13-15(16)3/h11-13,17H,4-10H2,1-3H3. The fourth-order valence-corrected chi connectivity index (χ4v) is 3.27. The van der Waals surface area contributed by atoms with Crippen LogP contribution in [-0.2, 0) is 0 Å². The lowest BCUT2D eigenvalue weighted by molar-refractivity contribution is 0.588. The van der Waals surface area contributed by atoms with Crippen LogP contribution >= 0.6 is 15.9 Å². The Hall–Kier alpha value is -0.300. The van der Waals surface area contributed by atoms with Crippen LogP contribution in [0, 0.1) is 13.8 Å². The maximum atomic E-state index is 3.84. The minimum atomic E-state index is 0.532. The first-order valence-corrected chi connectivity index (χ1v) is 8.28. The molecule has 102 valence electrons. The van der Waals surface area contributed by atoms with Gasteiger partial charge in [0.2, 0.25) is 0 Å². The van der Waals surface area contributed by atoms with Crippen molar-refractivity contribution in [2.24, 2.45) is 0 Å². The molecule has 1 unspecified atom stereocenters. The van der Waals surface area contributed by atoms with E-state index in [-0.39, 0.29) is 0 Å². The smallest absolute Gasteiger partial charge is 0.0397 e. The van der Waals surface area contributed by atoms with Crippen molar-refractivity contribution in [3.05, 3.63) is 34.9 Å². The number of halogens is 1. The largest absolute Gasteiger partial charge is 0.0839 e. The Bertz CT molecular complexity index is 343. The van der Waals surface area contributed by atoms with Crippen LogP contribution in [0.15, 0.2) is 18.2 Å². The molecule has 0 N–H and O–H groups in total. The van der Waals surface area contributed by atoms with Gasteiger partial charge in [0.05, 0.1) is 0 Å². The van der Waals surface area contributed by atoms with E-state index < -0.39 is 0 Å². The maximum absolute atomic E-state index is 3.84. The highest BCUT2D eigenvalue weighted by Gasteiger charge is 2.09. The summed E-state index contributed by atoms with van der Waals surface area (Å²) >= 11 is 3.84. The molecule has 0 radical (unpaired) electrons. The van der Waals surface area contributed by atoms with Gasteiger partial charge in [0.25, 0.3) is 0 Å². The van der Waals surface area contributed by atoms with E-state index in [4.69, 9.17) is 0 Å². The zero-order valence-electron chi connectivity index (χ0n) is 12.1. The molecule has 0 spiro atoms. The minimum absolute atomic E-state index is 0.532. The molecule has 0 fully saturated rings. The Kier molecular flexibility index (Phi) is 7.65. The van der Waals surface area contributed by atoms with E-state index >= 15 is 0 Å². The first-order valence-electron chi connectivity index (χ1n) is 7.36. The Morgan fingerprint density at radius 1 is 1.00 bits per heavy atom. The van der Waals surface area contributed by atoms with E-state index in [1.54, 1.807) is 0 Å². The molecule has 1 heteroatoms. The minimum Gasteiger partial charge on any atom is -0.0839 e. The number of rotatable bonds is 8. The monoisotopic (exact) mass is 310 g/mol. The SMILES string of the molecule is CCCCCCCCC(Br)c1ccc(C)cc1C. The third-order valence-electron chi connectivity index (χ3n) is 3.57. The Balaban J connectivity index is 2.29. The molecular formula is C17H27Br. The molecule has 18 heavy (non-hydrogen) atoms. The van der Waals surface area contributed by atoms with Crippen molar-refractivity contribution in [1.29, 1.82) is 0 Å². The Morgan fingerprint density at radius 3 is 2.33 bits per heavy atom. The van der Waals surface area contributed by atoms with Crippen LogP contribution in [0.25, 0.3) is 0 Å². The molecule has 1 rings (SSSR count). The summed E-state index contributed by atoms with van der Waals surface area (Å²) in [7, 11) is 0. The van der Waals surface area contributed by atoms with Crippen molar-refractivity contribution in [3.63, 3.8) is 0 Å². The van der Waals surface area contributed by atoms with Crippen LogP contribution in [0.1, 0.15) is 73.4 Å². The van der Waals surface area contributed by atoms with Crippen LogP contribution < -0.4 is 0 Å². The second kappa shape index (κ2) is 8.74. The summed E-state index contributed by atoms with van der Waals surface area (Å²) in [6, 6.07) is 6.78. The summed E-state index contributed by atoms with van der Waals surface area (Å²) in [6.07, 6.45) is 9.53. The summed E-state index contributed by atoms with van der Waals surface area (Å²) in [5.74, 6) is 0. The quantitative estimate of drug-likeness (QED) is 0.380. The van der Waals surface area contributed by atoms with Gasteiger partial charge < -0.3 is 0 Å². The fraction of sp³-hybridized carbons (Fsp3) is 0.647.